The molecule has 0 bridgehead atoms. The number of hydrogen-bond acceptors (Lipinski definition) is 22. The summed E-state index contributed by atoms with van der Waals surface area (Å²) in [6, 6.07) is 6.14. The van der Waals surface area contributed by atoms with Crippen LogP contribution >= 0.6 is 0 Å². The first kappa shape index (κ1) is 99.8. The van der Waals surface area contributed by atoms with Crippen LogP contribution in [0, 0.1) is 0 Å². The summed E-state index contributed by atoms with van der Waals surface area (Å²) >= 11 is 0. The van der Waals surface area contributed by atoms with Crippen molar-refractivity contribution in [3.63, 3.8) is 0 Å². The molecule has 564 valence electrons. The average Bonchev–Trinajstić information content (AvgIpc) is 1.08. The third kappa shape index (κ3) is 72.7. The molecule has 0 spiro atoms. The summed E-state index contributed by atoms with van der Waals surface area (Å²) in [4.78, 5) is 127. The lowest BCUT2D eigenvalue weighted by Crippen LogP contribution is -2.47. The number of ketones is 6. The molecule has 1 atom stereocenters. The van der Waals surface area contributed by atoms with E-state index in [9.17, 15) is 52.7 Å². The van der Waals surface area contributed by atoms with Gasteiger partial charge in [0.2, 0.25) is 29.5 Å². The molecule has 1 unspecified atom stereocenters. The monoisotopic (exact) mass is 1390 g/mol. The second kappa shape index (κ2) is 63.6. The first-order valence-electron chi connectivity index (χ1n) is 33.4. The molecule has 5 amide bonds. The maximum absolute atomic E-state index is 12.0. The summed E-state index contributed by atoms with van der Waals surface area (Å²) in [7, 11) is 0. The van der Waals surface area contributed by atoms with Crippen molar-refractivity contribution >= 4 is 64.2 Å². The van der Waals surface area contributed by atoms with E-state index in [1.165, 1.54) is 0 Å². The topological polar surface area (TPSA) is 366 Å². The van der Waals surface area contributed by atoms with E-state index in [1.54, 1.807) is 24.3 Å². The molecule has 0 aliphatic heterocycles. The number of nitrogens with two attached hydrogens (primary N) is 1. The molecule has 1 aromatic rings. The number of carbonyl (C=O) groups is 11. The molecule has 0 heterocycles. The molecule has 0 radical (unpaired) electrons. The number of hydrogen-bond donors (Lipinski definition) is 6. The largest absolute Gasteiger partial charge is 0.378 e. The number of carbonyl (C=O) groups excluding carboxylic acids is 11. The van der Waals surface area contributed by atoms with Crippen LogP contribution in [0.15, 0.2) is 24.3 Å². The van der Waals surface area contributed by atoms with Gasteiger partial charge in [0.05, 0.1) is 120 Å². The van der Waals surface area contributed by atoms with E-state index in [0.717, 1.165) is 0 Å². The predicted molar refractivity (Wildman–Crippen MR) is 373 cm³/mol. The van der Waals surface area contributed by atoms with Gasteiger partial charge in [-0.05, 0) is 138 Å². The van der Waals surface area contributed by atoms with Gasteiger partial charge in [-0.1, -0.05) is 31.7 Å². The lowest BCUT2D eigenvalue weighted by Gasteiger charge is -2.17. The zero-order valence-electron chi connectivity index (χ0n) is 61.7. The Balaban J connectivity index is -0.000000364. The minimum absolute atomic E-state index is 0. The number of Topliss-reactive ketones (excluding diaryl/α,β-unsaturated/α-hetero) is 6. The Morgan fingerprint density at radius 2 is 0.588 bits per heavy atom. The molecule has 97 heavy (non-hydrogen) atoms. The van der Waals surface area contributed by atoms with Crippen molar-refractivity contribution < 1.29 is 100 Å². The first-order valence-corrected chi connectivity index (χ1v) is 33.4. The minimum Gasteiger partial charge on any atom is -0.378 e. The number of benzene rings is 1. The van der Waals surface area contributed by atoms with E-state index in [4.69, 9.17) is 53.1 Å². The highest BCUT2D eigenvalue weighted by Crippen LogP contribution is 2.11. The Kier molecular flexibility index (Phi) is 65.4. The van der Waals surface area contributed by atoms with Gasteiger partial charge in [-0.25, -0.2) is 0 Å². The Morgan fingerprint density at radius 3 is 0.876 bits per heavy atom. The van der Waals surface area contributed by atoms with Crippen molar-refractivity contribution in [2.24, 2.45) is 5.73 Å². The van der Waals surface area contributed by atoms with Crippen LogP contribution in [0.25, 0.3) is 0 Å². The smallest absolute Gasteiger partial charge is 0.246 e. The second-order valence-electron chi connectivity index (χ2n) is 24.4. The summed E-state index contributed by atoms with van der Waals surface area (Å²) < 4.78 is 52.1. The van der Waals surface area contributed by atoms with Crippen LogP contribution in [0.1, 0.15) is 212 Å². The molecular formula is C70H128N6O21. The van der Waals surface area contributed by atoms with Gasteiger partial charge in [0.1, 0.15) is 33.2 Å². The van der Waals surface area contributed by atoms with Crippen molar-refractivity contribution in [1.82, 2.24) is 26.6 Å². The van der Waals surface area contributed by atoms with Crippen LogP contribution in [0.2, 0.25) is 0 Å². The molecule has 0 aliphatic carbocycles. The fourth-order valence-electron chi connectivity index (χ4n) is 6.41. The highest BCUT2D eigenvalue weighted by molar-refractivity contribution is 5.99. The number of amides is 5. The Labute approximate surface area is 580 Å². The van der Waals surface area contributed by atoms with Crippen LogP contribution in [0.4, 0.5) is 0 Å². The molecule has 1 rings (SSSR count). The van der Waals surface area contributed by atoms with Crippen LogP contribution in [-0.2, 0) is 90.5 Å². The molecule has 7 N–H and O–H groups in total. The minimum atomic E-state index is -0.668. The zero-order chi connectivity index (χ0) is 74.1. The van der Waals surface area contributed by atoms with Crippen LogP contribution in [0.3, 0.4) is 0 Å². The number of nitrogens with one attached hydrogen (secondary N) is 5. The van der Waals surface area contributed by atoms with Crippen LogP contribution in [0.5, 0.6) is 0 Å². The van der Waals surface area contributed by atoms with Crippen molar-refractivity contribution in [2.75, 3.05) is 92.4 Å². The van der Waals surface area contributed by atoms with Crippen molar-refractivity contribution in [3.05, 3.63) is 35.4 Å². The van der Waals surface area contributed by atoms with Crippen molar-refractivity contribution in [2.45, 2.75) is 258 Å². The van der Waals surface area contributed by atoms with Gasteiger partial charge in [-0.2, -0.15) is 0 Å². The quantitative estimate of drug-likeness (QED) is 0.0290. The second-order valence-corrected chi connectivity index (χ2v) is 24.4. The molecular weight excluding hydrogens is 1260 g/mol. The third-order valence-corrected chi connectivity index (χ3v) is 11.5. The van der Waals surface area contributed by atoms with E-state index in [0.29, 0.717) is 69.8 Å². The predicted octanol–water partition coefficient (Wildman–Crippen LogP) is 6.76. The fourth-order valence-corrected chi connectivity index (χ4v) is 6.41. The van der Waals surface area contributed by atoms with Crippen molar-refractivity contribution in [3.8, 4) is 0 Å². The standard InChI is InChI=1S/C18H26O4.C14H26N2O5.C13H26N2O4.2C12H23NO4.CH4/c1-13(2)21-11-9-17(19)15-5-7-16(8-6-15)18(20)10-12-22-14(3)4;1-10(2)20-8-14(19)15-7-12(17)5-6-13(18)16-9-21-11(3)4;1-9(2)18-6-5-12(16)11(7-14)15-13(17)8-19-10(3)4;2*1-9(2)16-6-5-11(14)7-13-12(15)8-17-10(3)4;/h5-8,13-14H,9-12H2,1-4H3;10-11H,5-9H2,1-4H3,(H,15,19)(H,16,18);9-11H,5-8,14H2,1-4H3,(H,15,17);2*9-10H,5-8H2,1-4H3,(H,13,15);1H4. The van der Waals surface area contributed by atoms with Gasteiger partial charge < -0.3 is 79.7 Å². The Morgan fingerprint density at radius 1 is 0.320 bits per heavy atom. The molecule has 27 nitrogen and oxygen atoms in total. The van der Waals surface area contributed by atoms with Crippen LogP contribution in [-0.4, -0.2) is 224 Å². The molecule has 0 saturated carbocycles. The first-order chi connectivity index (χ1) is 44.9. The summed E-state index contributed by atoms with van der Waals surface area (Å²) in [5.74, 6) is -1.80. The summed E-state index contributed by atoms with van der Waals surface area (Å²) in [5, 5.41) is 12.6. The van der Waals surface area contributed by atoms with Gasteiger partial charge in [0.15, 0.2) is 34.7 Å². The van der Waals surface area contributed by atoms with Crippen molar-refractivity contribution in [1.29, 1.82) is 0 Å². The SMILES string of the molecule is C.CC(C)OCCC(=O)C(CN)NC(=O)COC(C)C.CC(C)OCCC(=O)CNC(=O)COC(C)C.CC(C)OCCC(=O)CNC(=O)COC(C)C.CC(C)OCCC(=O)c1ccc(C(=O)CCOC(C)C)cc1.CC(C)OCNC(=O)CCC(=O)CNC(=O)COC(C)C. The van der Waals surface area contributed by atoms with Gasteiger partial charge in [-0.3, -0.25) is 52.7 Å². The fraction of sp³-hybridized carbons (Fsp3) is 0.757. The van der Waals surface area contributed by atoms with Gasteiger partial charge in [-0.15, -0.1) is 0 Å². The lowest BCUT2D eigenvalue weighted by atomic mass is 10.0. The van der Waals surface area contributed by atoms with E-state index in [-0.39, 0.29) is 211 Å². The number of rotatable bonds is 49. The van der Waals surface area contributed by atoms with E-state index >= 15 is 0 Å². The average molecular weight is 1390 g/mol. The molecule has 0 saturated heterocycles. The van der Waals surface area contributed by atoms with Crippen LogP contribution < -0.4 is 32.3 Å². The third-order valence-electron chi connectivity index (χ3n) is 11.5. The van der Waals surface area contributed by atoms with Gasteiger partial charge in [0.25, 0.3) is 0 Å². The highest BCUT2D eigenvalue weighted by atomic mass is 16.5. The van der Waals surface area contributed by atoms with E-state index < -0.39 is 6.04 Å². The molecule has 0 aromatic heterocycles. The molecule has 1 aromatic carbocycles. The lowest BCUT2D eigenvalue weighted by molar-refractivity contribution is -0.132. The molecule has 27 heteroatoms. The Hall–Kier alpha value is -5.85. The van der Waals surface area contributed by atoms with E-state index in [2.05, 4.69) is 26.6 Å². The molecule has 0 fully saturated rings. The summed E-state index contributed by atoms with van der Waals surface area (Å²) in [6.07, 6.45) is 2.33. The van der Waals surface area contributed by atoms with Gasteiger partial charge >= 0.3 is 0 Å². The number of ether oxygens (including phenoxy) is 10. The van der Waals surface area contributed by atoms with Gasteiger partial charge in [0, 0.05) is 62.6 Å². The maximum atomic E-state index is 12.0. The molecule has 0 aliphatic rings. The highest BCUT2D eigenvalue weighted by Gasteiger charge is 2.20. The maximum Gasteiger partial charge on any atom is 0.246 e. The summed E-state index contributed by atoms with van der Waals surface area (Å²) in [6.45, 7) is 39.7. The Bertz CT molecular complexity index is 2200. The van der Waals surface area contributed by atoms with E-state index in [1.807, 2.05) is 138 Å². The zero-order valence-corrected chi connectivity index (χ0v) is 61.7. The summed E-state index contributed by atoms with van der Waals surface area (Å²) in [5.41, 5.74) is 6.72. The normalized spacial score (nSPS) is 11.2.